The Kier molecular flexibility index (Phi) is 3.61. The van der Waals surface area contributed by atoms with Crippen molar-refractivity contribution < 1.29 is 0 Å². The van der Waals surface area contributed by atoms with E-state index in [-0.39, 0.29) is 0 Å². The summed E-state index contributed by atoms with van der Waals surface area (Å²) in [5, 5.41) is 14.0. The highest BCUT2D eigenvalue weighted by molar-refractivity contribution is 7.10. The molecule has 0 bridgehead atoms. The molecule has 0 aliphatic carbocycles. The molecular formula is C13H17N5S. The van der Waals surface area contributed by atoms with Crippen molar-refractivity contribution in [3.05, 3.63) is 28.2 Å². The Balaban J connectivity index is 1.78. The van der Waals surface area contributed by atoms with Crippen molar-refractivity contribution >= 4 is 29.4 Å². The molecule has 2 aromatic rings. The van der Waals surface area contributed by atoms with Gasteiger partial charge in [0, 0.05) is 38.1 Å². The van der Waals surface area contributed by atoms with Crippen LogP contribution in [-0.2, 0) is 7.05 Å². The summed E-state index contributed by atoms with van der Waals surface area (Å²) in [7, 11) is 2.02. The third-order valence-electron chi connectivity index (χ3n) is 3.23. The van der Waals surface area contributed by atoms with Crippen LogP contribution in [0.3, 0.4) is 0 Å². The Morgan fingerprint density at radius 1 is 1.26 bits per heavy atom. The summed E-state index contributed by atoms with van der Waals surface area (Å²) in [6.45, 7) is 3.99. The van der Waals surface area contributed by atoms with Crippen LogP contribution in [0.2, 0.25) is 0 Å². The number of piperazine rings is 1. The molecule has 1 aliphatic heterocycles. The Morgan fingerprint density at radius 2 is 2.11 bits per heavy atom. The summed E-state index contributed by atoms with van der Waals surface area (Å²) in [4.78, 5) is 3.50. The van der Waals surface area contributed by atoms with Gasteiger partial charge in [0.25, 0.3) is 0 Å². The summed E-state index contributed by atoms with van der Waals surface area (Å²) in [6.07, 6.45) is 4.10. The van der Waals surface area contributed by atoms with E-state index in [1.54, 1.807) is 11.3 Å². The third-order valence-corrected chi connectivity index (χ3v) is 4.06. The Hall–Kier alpha value is -1.66. The lowest BCUT2D eigenvalue weighted by atomic mass is 10.4. The molecule has 1 fully saturated rings. The highest BCUT2D eigenvalue weighted by atomic mass is 32.1. The van der Waals surface area contributed by atoms with Gasteiger partial charge in [0.15, 0.2) is 5.82 Å². The van der Waals surface area contributed by atoms with Crippen LogP contribution >= 0.6 is 11.3 Å². The first-order chi connectivity index (χ1) is 9.34. The summed E-state index contributed by atoms with van der Waals surface area (Å²) in [6, 6.07) is 4.14. The first-order valence-corrected chi connectivity index (χ1v) is 7.29. The van der Waals surface area contributed by atoms with E-state index in [1.807, 2.05) is 19.2 Å². The maximum Gasteiger partial charge on any atom is 0.227 e. The molecular weight excluding hydrogens is 258 g/mol. The first-order valence-electron chi connectivity index (χ1n) is 6.41. The minimum atomic E-state index is 0.891. The molecule has 5 nitrogen and oxygen atoms in total. The lowest BCUT2D eigenvalue weighted by Crippen LogP contribution is -2.44. The van der Waals surface area contributed by atoms with Crippen LogP contribution in [-0.4, -0.2) is 40.9 Å². The van der Waals surface area contributed by atoms with Crippen molar-refractivity contribution in [2.75, 3.05) is 31.1 Å². The smallest absolute Gasteiger partial charge is 0.227 e. The maximum atomic E-state index is 4.30. The number of rotatable bonds is 3. The maximum absolute atomic E-state index is 4.30. The summed E-state index contributed by atoms with van der Waals surface area (Å²) < 4.78 is 2.05. The second-order valence-corrected chi connectivity index (χ2v) is 5.48. The molecule has 2 aromatic heterocycles. The van der Waals surface area contributed by atoms with E-state index in [1.165, 1.54) is 4.88 Å². The van der Waals surface area contributed by atoms with Gasteiger partial charge in [-0.2, -0.15) is 0 Å². The number of nitrogens with zero attached hydrogens (tertiary/aromatic N) is 4. The molecule has 0 spiro atoms. The van der Waals surface area contributed by atoms with E-state index in [0.717, 1.165) is 38.0 Å². The van der Waals surface area contributed by atoms with E-state index in [9.17, 15) is 0 Å². The van der Waals surface area contributed by atoms with Gasteiger partial charge in [-0.25, -0.2) is 0 Å². The lowest BCUT2D eigenvalue weighted by Gasteiger charge is -2.27. The van der Waals surface area contributed by atoms with Crippen molar-refractivity contribution in [1.82, 2.24) is 20.1 Å². The van der Waals surface area contributed by atoms with Crippen molar-refractivity contribution in [1.29, 1.82) is 0 Å². The van der Waals surface area contributed by atoms with Gasteiger partial charge in [-0.3, -0.25) is 4.57 Å². The van der Waals surface area contributed by atoms with E-state index < -0.39 is 0 Å². The van der Waals surface area contributed by atoms with E-state index in [2.05, 4.69) is 42.5 Å². The zero-order chi connectivity index (χ0) is 13.1. The zero-order valence-electron chi connectivity index (χ0n) is 10.9. The second-order valence-electron chi connectivity index (χ2n) is 4.50. The SMILES string of the molecule is Cn1c(/C=C/c2cccs2)nnc1N1CCNCC1. The van der Waals surface area contributed by atoms with Gasteiger partial charge in [0.2, 0.25) is 5.95 Å². The molecule has 1 saturated heterocycles. The van der Waals surface area contributed by atoms with Gasteiger partial charge in [0.05, 0.1) is 0 Å². The summed E-state index contributed by atoms with van der Waals surface area (Å²) in [5.74, 6) is 1.84. The van der Waals surface area contributed by atoms with Crippen molar-refractivity contribution in [2.45, 2.75) is 0 Å². The molecule has 0 atom stereocenters. The highest BCUT2D eigenvalue weighted by Gasteiger charge is 2.16. The molecule has 0 unspecified atom stereocenters. The Labute approximate surface area is 116 Å². The predicted molar refractivity (Wildman–Crippen MR) is 79.3 cm³/mol. The number of aromatic nitrogens is 3. The van der Waals surface area contributed by atoms with Gasteiger partial charge in [-0.15, -0.1) is 21.5 Å². The largest absolute Gasteiger partial charge is 0.338 e. The molecule has 6 heteroatoms. The molecule has 100 valence electrons. The van der Waals surface area contributed by atoms with Crippen LogP contribution in [0, 0.1) is 0 Å². The minimum Gasteiger partial charge on any atom is -0.338 e. The van der Waals surface area contributed by atoms with E-state index in [0.29, 0.717) is 0 Å². The number of hydrogen-bond acceptors (Lipinski definition) is 5. The summed E-state index contributed by atoms with van der Waals surface area (Å²) >= 11 is 1.72. The molecule has 3 heterocycles. The van der Waals surface area contributed by atoms with Crippen molar-refractivity contribution in [3.8, 4) is 0 Å². The number of thiophene rings is 1. The molecule has 3 rings (SSSR count). The molecule has 1 aliphatic rings. The quantitative estimate of drug-likeness (QED) is 0.921. The molecule has 19 heavy (non-hydrogen) atoms. The Bertz CT molecular complexity index is 552. The van der Waals surface area contributed by atoms with Crippen LogP contribution in [0.1, 0.15) is 10.7 Å². The zero-order valence-corrected chi connectivity index (χ0v) is 11.7. The minimum absolute atomic E-state index is 0.891. The van der Waals surface area contributed by atoms with Crippen LogP contribution in [0.5, 0.6) is 0 Å². The van der Waals surface area contributed by atoms with Gasteiger partial charge in [0.1, 0.15) is 0 Å². The number of anilines is 1. The molecule has 0 aromatic carbocycles. The van der Waals surface area contributed by atoms with Gasteiger partial charge >= 0.3 is 0 Å². The van der Waals surface area contributed by atoms with Crippen LogP contribution < -0.4 is 10.2 Å². The van der Waals surface area contributed by atoms with Crippen molar-refractivity contribution in [3.63, 3.8) is 0 Å². The normalized spacial score (nSPS) is 16.4. The van der Waals surface area contributed by atoms with Gasteiger partial charge in [-0.05, 0) is 23.6 Å². The third kappa shape index (κ3) is 2.69. The van der Waals surface area contributed by atoms with Crippen LogP contribution in [0.4, 0.5) is 5.95 Å². The van der Waals surface area contributed by atoms with Crippen molar-refractivity contribution in [2.24, 2.45) is 7.05 Å². The van der Waals surface area contributed by atoms with Crippen LogP contribution in [0.25, 0.3) is 12.2 Å². The lowest BCUT2D eigenvalue weighted by molar-refractivity contribution is 0.573. The topological polar surface area (TPSA) is 46.0 Å². The fraction of sp³-hybridized carbons (Fsp3) is 0.385. The first kappa shape index (κ1) is 12.4. The average molecular weight is 275 g/mol. The fourth-order valence-electron chi connectivity index (χ4n) is 2.16. The van der Waals surface area contributed by atoms with Crippen LogP contribution in [0.15, 0.2) is 17.5 Å². The van der Waals surface area contributed by atoms with Gasteiger partial charge in [-0.1, -0.05) is 6.07 Å². The predicted octanol–water partition coefficient (Wildman–Crippen LogP) is 1.46. The summed E-state index contributed by atoms with van der Waals surface area (Å²) in [5.41, 5.74) is 0. The monoisotopic (exact) mass is 275 g/mol. The molecule has 0 amide bonds. The number of hydrogen-bond donors (Lipinski definition) is 1. The molecule has 1 N–H and O–H groups in total. The van der Waals surface area contributed by atoms with Gasteiger partial charge < -0.3 is 10.2 Å². The second kappa shape index (κ2) is 5.54. The highest BCUT2D eigenvalue weighted by Crippen LogP contribution is 2.16. The van der Waals surface area contributed by atoms with E-state index >= 15 is 0 Å². The standard InChI is InChI=1S/C13H17N5S/c1-17-12(5-4-11-3-2-10-19-11)15-16-13(17)18-8-6-14-7-9-18/h2-5,10,14H,6-9H2,1H3/b5-4+. The number of nitrogens with one attached hydrogen (secondary N) is 1. The van der Waals surface area contributed by atoms with E-state index in [4.69, 9.17) is 0 Å². The average Bonchev–Trinajstić information content (AvgIpc) is 3.07. The molecule has 0 saturated carbocycles. The Morgan fingerprint density at radius 3 is 2.84 bits per heavy atom. The molecule has 0 radical (unpaired) electrons. The fourth-order valence-corrected chi connectivity index (χ4v) is 2.78.